The topological polar surface area (TPSA) is 69.7 Å². The van der Waals surface area contributed by atoms with E-state index in [4.69, 9.17) is 4.74 Å². The van der Waals surface area contributed by atoms with Gasteiger partial charge in [-0.25, -0.2) is 13.2 Å². The molecular weight excluding hydrogens is 516 g/mol. The molecule has 0 saturated carbocycles. The van der Waals surface area contributed by atoms with Crippen molar-refractivity contribution in [2.24, 2.45) is 0 Å². The molecule has 8 heteroatoms. The lowest BCUT2D eigenvalue weighted by Crippen LogP contribution is -2.50. The van der Waals surface area contributed by atoms with Crippen LogP contribution in [0.1, 0.15) is 5.56 Å². The summed E-state index contributed by atoms with van der Waals surface area (Å²) in [5.74, 6) is 0.442. The quantitative estimate of drug-likeness (QED) is 0.219. The van der Waals surface area contributed by atoms with E-state index < -0.39 is 14.6 Å². The summed E-state index contributed by atoms with van der Waals surface area (Å²) in [7, 11) is -2.45. The molecule has 6 nitrogen and oxygen atoms in total. The van der Waals surface area contributed by atoms with Crippen LogP contribution in [0.2, 0.25) is 0 Å². The molecule has 0 spiro atoms. The minimum atomic E-state index is -3.94. The first kappa shape index (κ1) is 22.6. The Labute approximate surface area is 206 Å². The maximum Gasteiger partial charge on any atom is 0.207 e. The maximum atomic E-state index is 14.6. The third kappa shape index (κ3) is 3.69. The Morgan fingerprint density at radius 1 is 0.912 bits per heavy atom. The molecule has 172 valence electrons. The maximum absolute atomic E-state index is 14.6. The summed E-state index contributed by atoms with van der Waals surface area (Å²) >= 11 is 3.48. The fourth-order valence-electron chi connectivity index (χ4n) is 4.30. The third-order valence-corrected chi connectivity index (χ3v) is 8.15. The van der Waals surface area contributed by atoms with Gasteiger partial charge < -0.3 is 9.94 Å². The molecule has 0 bridgehead atoms. The summed E-state index contributed by atoms with van der Waals surface area (Å²) in [6.07, 6.45) is 0. The lowest BCUT2D eigenvalue weighted by Gasteiger charge is -2.44. The third-order valence-electron chi connectivity index (χ3n) is 5.88. The van der Waals surface area contributed by atoms with Gasteiger partial charge in [-0.15, -0.1) is 0 Å². The first-order valence-electron chi connectivity index (χ1n) is 10.6. The number of ether oxygens (including phenoxy) is 1. The molecule has 4 aromatic rings. The Kier molecular flexibility index (Phi) is 5.69. The van der Waals surface area contributed by atoms with Crippen LogP contribution < -0.4 is 14.5 Å². The van der Waals surface area contributed by atoms with E-state index in [1.54, 1.807) is 41.4 Å². The van der Waals surface area contributed by atoms with Crippen LogP contribution in [0, 0.1) is 5.21 Å². The molecule has 4 aromatic carbocycles. The summed E-state index contributed by atoms with van der Waals surface area (Å²) in [6, 6.07) is 28.0. The van der Waals surface area contributed by atoms with Gasteiger partial charge in [0, 0.05) is 16.6 Å². The minimum Gasteiger partial charge on any atom is -0.600 e. The molecule has 0 radical (unpaired) electrons. The van der Waals surface area contributed by atoms with E-state index in [2.05, 4.69) is 15.9 Å². The monoisotopic (exact) mass is 536 g/mol. The normalized spacial score (nSPS) is 17.4. The van der Waals surface area contributed by atoms with Crippen molar-refractivity contribution in [1.29, 1.82) is 0 Å². The van der Waals surface area contributed by atoms with Crippen LogP contribution in [0.4, 0.5) is 17.1 Å². The number of fused-ring (bicyclic) bond motifs is 1. The highest BCUT2D eigenvalue weighted by Gasteiger charge is 2.43. The van der Waals surface area contributed by atoms with Crippen LogP contribution in [0.15, 0.2) is 111 Å². The Morgan fingerprint density at radius 3 is 2.26 bits per heavy atom. The Balaban J connectivity index is 1.76. The van der Waals surface area contributed by atoms with E-state index in [9.17, 15) is 13.6 Å². The lowest BCUT2D eigenvalue weighted by molar-refractivity contribution is 0.397. The van der Waals surface area contributed by atoms with Gasteiger partial charge in [-0.05, 0) is 42.5 Å². The van der Waals surface area contributed by atoms with Crippen molar-refractivity contribution >= 4 is 42.8 Å². The molecule has 1 atom stereocenters. The van der Waals surface area contributed by atoms with Gasteiger partial charge in [0.1, 0.15) is 18.0 Å². The molecule has 0 fully saturated rings. The molecule has 1 unspecified atom stereocenters. The number of hydrogen-bond donors (Lipinski definition) is 0. The van der Waals surface area contributed by atoms with Crippen LogP contribution in [0.25, 0.3) is 0 Å². The predicted molar refractivity (Wildman–Crippen MR) is 136 cm³/mol. The van der Waals surface area contributed by atoms with Gasteiger partial charge in [-0.1, -0.05) is 58.4 Å². The standard InChI is InChI=1S/C26H21BrN2O4S/c1-33-22-13-8-14-23(17-22)34(31,32)26-16-19(27)15-25-24(26)18-29(30,21-11-6-3-7-12-21)28(25)20-9-4-2-5-10-20/h2-17H,18H2,1H3. The SMILES string of the molecule is COc1cccc(S(=O)(=O)c2cc(Br)cc3c2C[N+]([O-])(c2ccccc2)N3c2ccccc2)c1. The van der Waals surface area contributed by atoms with Gasteiger partial charge in [0.05, 0.1) is 28.2 Å². The number of methoxy groups -OCH3 is 1. The Hall–Kier alpha value is -3.17. The molecule has 0 aromatic heterocycles. The highest BCUT2D eigenvalue weighted by atomic mass is 79.9. The van der Waals surface area contributed by atoms with E-state index in [0.29, 0.717) is 32.8 Å². The van der Waals surface area contributed by atoms with Gasteiger partial charge in [-0.2, -0.15) is 5.01 Å². The van der Waals surface area contributed by atoms with Crippen molar-refractivity contribution in [2.75, 3.05) is 12.1 Å². The van der Waals surface area contributed by atoms with Gasteiger partial charge in [0.25, 0.3) is 0 Å². The average Bonchev–Trinajstić information content (AvgIpc) is 3.17. The highest BCUT2D eigenvalue weighted by Crippen LogP contribution is 2.49. The first-order valence-corrected chi connectivity index (χ1v) is 12.8. The number of hydroxylamine groups is 1. The predicted octanol–water partition coefficient (Wildman–Crippen LogP) is 6.36. The number of benzene rings is 4. The Morgan fingerprint density at radius 2 is 1.59 bits per heavy atom. The zero-order chi connectivity index (χ0) is 23.9. The van der Waals surface area contributed by atoms with Gasteiger partial charge >= 0.3 is 0 Å². The largest absolute Gasteiger partial charge is 0.600 e. The van der Waals surface area contributed by atoms with Crippen LogP contribution in [-0.2, 0) is 16.4 Å². The van der Waals surface area contributed by atoms with Gasteiger partial charge in [0.15, 0.2) is 5.69 Å². The van der Waals surface area contributed by atoms with Crippen molar-refractivity contribution in [1.82, 2.24) is 4.76 Å². The van der Waals surface area contributed by atoms with Crippen LogP contribution in [-0.4, -0.2) is 15.5 Å². The second-order valence-corrected chi connectivity index (χ2v) is 10.8. The molecule has 0 aliphatic carbocycles. The number of quaternary nitrogens is 1. The zero-order valence-corrected chi connectivity index (χ0v) is 20.7. The summed E-state index contributed by atoms with van der Waals surface area (Å²) in [5.41, 5.74) is 2.18. The van der Waals surface area contributed by atoms with Crippen molar-refractivity contribution in [2.45, 2.75) is 16.3 Å². The number of sulfone groups is 1. The number of anilines is 2. The van der Waals surface area contributed by atoms with Crippen molar-refractivity contribution < 1.29 is 13.2 Å². The molecule has 0 N–H and O–H groups in total. The second-order valence-electron chi connectivity index (χ2n) is 7.93. The number of nitrogens with zero attached hydrogens (tertiary/aromatic N) is 2. The van der Waals surface area contributed by atoms with Crippen molar-refractivity contribution in [3.05, 3.63) is 112 Å². The number of rotatable bonds is 5. The fraction of sp³-hybridized carbons (Fsp3) is 0.0769. The number of halogens is 1. The summed E-state index contributed by atoms with van der Waals surface area (Å²) in [6.45, 7) is -0.0694. The van der Waals surface area contributed by atoms with Crippen LogP contribution in [0.5, 0.6) is 5.75 Å². The van der Waals surface area contributed by atoms with E-state index in [1.807, 2.05) is 48.5 Å². The molecule has 1 aliphatic rings. The smallest absolute Gasteiger partial charge is 0.207 e. The summed E-state index contributed by atoms with van der Waals surface area (Å²) in [4.78, 5) is 0.201. The number of para-hydroxylation sites is 2. The molecular formula is C26H21BrN2O4S. The zero-order valence-electron chi connectivity index (χ0n) is 18.3. The molecule has 0 saturated heterocycles. The fourth-order valence-corrected chi connectivity index (χ4v) is 6.46. The van der Waals surface area contributed by atoms with E-state index >= 15 is 0 Å². The van der Waals surface area contributed by atoms with Crippen molar-refractivity contribution in [3.63, 3.8) is 0 Å². The van der Waals surface area contributed by atoms with E-state index in [-0.39, 0.29) is 16.3 Å². The Bertz CT molecular complexity index is 1460. The molecule has 0 amide bonds. The minimum absolute atomic E-state index is 0.0694. The second kappa shape index (κ2) is 8.56. The van der Waals surface area contributed by atoms with Gasteiger partial charge in [0.2, 0.25) is 9.84 Å². The molecule has 34 heavy (non-hydrogen) atoms. The first-order chi connectivity index (χ1) is 16.3. The average molecular weight is 537 g/mol. The number of hydrogen-bond acceptors (Lipinski definition) is 5. The molecule has 5 rings (SSSR count). The van der Waals surface area contributed by atoms with E-state index in [1.165, 1.54) is 19.2 Å². The summed E-state index contributed by atoms with van der Waals surface area (Å²) in [5, 5.41) is 16.2. The summed E-state index contributed by atoms with van der Waals surface area (Å²) < 4.78 is 32.5. The van der Waals surface area contributed by atoms with E-state index in [0.717, 1.165) is 0 Å². The molecule has 1 aliphatic heterocycles. The van der Waals surface area contributed by atoms with Crippen LogP contribution >= 0.6 is 15.9 Å². The van der Waals surface area contributed by atoms with Crippen LogP contribution in [0.3, 0.4) is 0 Å². The van der Waals surface area contributed by atoms with Crippen molar-refractivity contribution in [3.8, 4) is 5.75 Å². The lowest BCUT2D eigenvalue weighted by atomic mass is 10.2. The van der Waals surface area contributed by atoms with Gasteiger partial charge in [-0.3, -0.25) is 0 Å². The highest BCUT2D eigenvalue weighted by molar-refractivity contribution is 9.10. The molecule has 1 heterocycles.